The smallest absolute Gasteiger partial charge is 0.0755 e. The normalized spacial score (nSPS) is 30.1. The maximum atomic E-state index is 5.96. The topological polar surface area (TPSA) is 28.6 Å². The van der Waals surface area contributed by atoms with Crippen molar-refractivity contribution < 1.29 is 4.74 Å². The third-order valence-corrected chi connectivity index (χ3v) is 3.92. The summed E-state index contributed by atoms with van der Waals surface area (Å²) < 4.78 is 5.96. The quantitative estimate of drug-likeness (QED) is 0.774. The van der Waals surface area contributed by atoms with Crippen LogP contribution in [-0.4, -0.2) is 60.7 Å². The number of rotatable bonds is 2. The second-order valence-electron chi connectivity index (χ2n) is 5.45. The Balaban J connectivity index is 1.61. The molecule has 1 aromatic rings. The van der Waals surface area contributed by atoms with Crippen LogP contribution < -0.4 is 0 Å². The Hall–Kier alpha value is -0.970. The first-order valence-electron chi connectivity index (χ1n) is 6.73. The summed E-state index contributed by atoms with van der Waals surface area (Å²) in [5.74, 6) is 0.654. The molecule has 2 aliphatic heterocycles. The molecule has 0 aromatic carbocycles. The fraction of sp³-hybridized carbons (Fsp3) is 0.643. The number of pyridine rings is 1. The van der Waals surface area contributed by atoms with Crippen LogP contribution in [0, 0.1) is 5.92 Å². The Morgan fingerprint density at radius 1 is 1.33 bits per heavy atom. The maximum Gasteiger partial charge on any atom is 0.0755 e. The number of fused-ring (bicyclic) bond motifs is 1. The molecule has 0 amide bonds. The second-order valence-corrected chi connectivity index (χ2v) is 5.45. The molecule has 2 saturated heterocycles. The average Bonchev–Trinajstić information content (AvgIpc) is 2.64. The lowest BCUT2D eigenvalue weighted by Gasteiger charge is -2.18. The van der Waals surface area contributed by atoms with Crippen LogP contribution in [0.1, 0.15) is 5.69 Å². The zero-order valence-corrected chi connectivity index (χ0v) is 11.0. The molecule has 18 heavy (non-hydrogen) atoms. The van der Waals surface area contributed by atoms with E-state index >= 15 is 0 Å². The lowest BCUT2D eigenvalue weighted by Crippen LogP contribution is -2.29. The fourth-order valence-electron chi connectivity index (χ4n) is 2.99. The van der Waals surface area contributed by atoms with Crippen LogP contribution >= 0.6 is 0 Å². The molecule has 0 unspecified atom stereocenters. The van der Waals surface area contributed by atoms with Crippen molar-refractivity contribution in [2.24, 2.45) is 5.92 Å². The Morgan fingerprint density at radius 2 is 2.28 bits per heavy atom. The Labute approximate surface area is 109 Å². The third kappa shape index (κ3) is 2.71. The van der Waals surface area contributed by atoms with Crippen molar-refractivity contribution in [2.75, 3.05) is 39.8 Å². The SMILES string of the molecule is CN1CCO[C@H]2CN(Cc3ccccn3)C[C@H]2C1. The van der Waals surface area contributed by atoms with Gasteiger partial charge in [-0.05, 0) is 19.2 Å². The van der Waals surface area contributed by atoms with E-state index in [9.17, 15) is 0 Å². The Kier molecular flexibility index (Phi) is 3.59. The maximum absolute atomic E-state index is 5.96. The van der Waals surface area contributed by atoms with Gasteiger partial charge >= 0.3 is 0 Å². The summed E-state index contributed by atoms with van der Waals surface area (Å²) in [5, 5.41) is 0. The molecule has 4 nitrogen and oxygen atoms in total. The van der Waals surface area contributed by atoms with Gasteiger partial charge in [0.2, 0.25) is 0 Å². The molecule has 0 bridgehead atoms. The van der Waals surface area contributed by atoms with E-state index in [0.717, 1.165) is 45.0 Å². The molecule has 3 heterocycles. The molecule has 2 fully saturated rings. The van der Waals surface area contributed by atoms with Crippen LogP contribution in [-0.2, 0) is 11.3 Å². The van der Waals surface area contributed by atoms with Crippen LogP contribution in [0.15, 0.2) is 24.4 Å². The molecule has 2 atom stereocenters. The Bertz CT molecular complexity index is 384. The van der Waals surface area contributed by atoms with Gasteiger partial charge in [-0.2, -0.15) is 0 Å². The van der Waals surface area contributed by atoms with Gasteiger partial charge in [0.1, 0.15) is 0 Å². The summed E-state index contributed by atoms with van der Waals surface area (Å²) in [7, 11) is 2.19. The van der Waals surface area contributed by atoms with Crippen LogP contribution in [0.25, 0.3) is 0 Å². The van der Waals surface area contributed by atoms with E-state index in [0.29, 0.717) is 12.0 Å². The predicted molar refractivity (Wildman–Crippen MR) is 70.2 cm³/mol. The van der Waals surface area contributed by atoms with Gasteiger partial charge in [-0.25, -0.2) is 0 Å². The minimum Gasteiger partial charge on any atom is -0.375 e. The van der Waals surface area contributed by atoms with E-state index in [4.69, 9.17) is 4.74 Å². The highest BCUT2D eigenvalue weighted by atomic mass is 16.5. The lowest BCUT2D eigenvalue weighted by molar-refractivity contribution is 0.0514. The summed E-state index contributed by atoms with van der Waals surface area (Å²) in [6.45, 7) is 6.22. The highest BCUT2D eigenvalue weighted by Gasteiger charge is 2.35. The average molecular weight is 247 g/mol. The summed E-state index contributed by atoms with van der Waals surface area (Å²) >= 11 is 0. The Morgan fingerprint density at radius 3 is 3.11 bits per heavy atom. The number of likely N-dealkylation sites (tertiary alicyclic amines) is 1. The van der Waals surface area contributed by atoms with Crippen LogP contribution in [0.5, 0.6) is 0 Å². The molecule has 0 saturated carbocycles. The standard InChI is InChI=1S/C14H21N3O/c1-16-6-7-18-14-11-17(9-12(14)8-16)10-13-4-2-3-5-15-13/h2-5,12,14H,6-11H2,1H3/t12-,14+/m1/s1. The number of hydrogen-bond acceptors (Lipinski definition) is 4. The largest absolute Gasteiger partial charge is 0.375 e. The molecular formula is C14H21N3O. The second kappa shape index (κ2) is 5.34. The minimum atomic E-state index is 0.415. The predicted octanol–water partition coefficient (Wildman–Crippen LogP) is 0.844. The first kappa shape index (κ1) is 12.1. The molecule has 4 heteroatoms. The van der Waals surface area contributed by atoms with E-state index in [-0.39, 0.29) is 0 Å². The molecule has 3 rings (SSSR count). The lowest BCUT2D eigenvalue weighted by atomic mass is 10.1. The van der Waals surface area contributed by atoms with Crippen molar-refractivity contribution in [1.82, 2.24) is 14.8 Å². The molecule has 0 N–H and O–H groups in total. The first-order chi connectivity index (χ1) is 8.81. The number of ether oxygens (including phenoxy) is 1. The van der Waals surface area contributed by atoms with E-state index in [2.05, 4.69) is 34.0 Å². The van der Waals surface area contributed by atoms with Crippen molar-refractivity contribution >= 4 is 0 Å². The molecule has 0 radical (unpaired) electrons. The highest BCUT2D eigenvalue weighted by Crippen LogP contribution is 2.24. The van der Waals surface area contributed by atoms with E-state index in [1.807, 2.05) is 12.3 Å². The van der Waals surface area contributed by atoms with Gasteiger partial charge in [-0.15, -0.1) is 0 Å². The highest BCUT2D eigenvalue weighted by molar-refractivity contribution is 5.04. The van der Waals surface area contributed by atoms with Gasteiger partial charge in [0.05, 0.1) is 18.4 Å². The van der Waals surface area contributed by atoms with Crippen molar-refractivity contribution in [2.45, 2.75) is 12.6 Å². The van der Waals surface area contributed by atoms with Crippen molar-refractivity contribution in [3.8, 4) is 0 Å². The van der Waals surface area contributed by atoms with Crippen LogP contribution in [0.2, 0.25) is 0 Å². The molecular weight excluding hydrogens is 226 g/mol. The zero-order chi connectivity index (χ0) is 12.4. The minimum absolute atomic E-state index is 0.415. The molecule has 2 aliphatic rings. The van der Waals surface area contributed by atoms with Gasteiger partial charge in [0.25, 0.3) is 0 Å². The van der Waals surface area contributed by atoms with Gasteiger partial charge in [-0.1, -0.05) is 6.07 Å². The number of likely N-dealkylation sites (N-methyl/N-ethyl adjacent to an activating group) is 1. The summed E-state index contributed by atoms with van der Waals surface area (Å²) in [5.41, 5.74) is 1.15. The number of nitrogens with zero attached hydrogens (tertiary/aromatic N) is 3. The summed E-state index contributed by atoms with van der Waals surface area (Å²) in [6.07, 6.45) is 2.28. The monoisotopic (exact) mass is 247 g/mol. The molecule has 0 aliphatic carbocycles. The van der Waals surface area contributed by atoms with E-state index in [1.165, 1.54) is 0 Å². The van der Waals surface area contributed by atoms with E-state index in [1.54, 1.807) is 0 Å². The zero-order valence-electron chi connectivity index (χ0n) is 11.0. The van der Waals surface area contributed by atoms with E-state index < -0.39 is 0 Å². The van der Waals surface area contributed by atoms with Crippen molar-refractivity contribution in [1.29, 1.82) is 0 Å². The molecule has 1 aromatic heterocycles. The molecule has 98 valence electrons. The summed E-state index contributed by atoms with van der Waals surface area (Å²) in [4.78, 5) is 9.25. The van der Waals surface area contributed by atoms with Crippen LogP contribution in [0.3, 0.4) is 0 Å². The van der Waals surface area contributed by atoms with Gasteiger partial charge in [0.15, 0.2) is 0 Å². The van der Waals surface area contributed by atoms with Crippen molar-refractivity contribution in [3.05, 3.63) is 30.1 Å². The van der Waals surface area contributed by atoms with Gasteiger partial charge in [0, 0.05) is 44.8 Å². The third-order valence-electron chi connectivity index (χ3n) is 3.92. The fourth-order valence-corrected chi connectivity index (χ4v) is 2.99. The molecule has 0 spiro atoms. The van der Waals surface area contributed by atoms with Crippen LogP contribution in [0.4, 0.5) is 0 Å². The van der Waals surface area contributed by atoms with Gasteiger partial charge < -0.3 is 9.64 Å². The van der Waals surface area contributed by atoms with Crippen molar-refractivity contribution in [3.63, 3.8) is 0 Å². The number of hydrogen-bond donors (Lipinski definition) is 0. The number of aromatic nitrogens is 1. The van der Waals surface area contributed by atoms with Gasteiger partial charge in [-0.3, -0.25) is 9.88 Å². The summed E-state index contributed by atoms with van der Waals surface area (Å²) in [6, 6.07) is 6.12. The first-order valence-corrected chi connectivity index (χ1v) is 6.73.